The van der Waals surface area contributed by atoms with Gasteiger partial charge in [-0.15, -0.1) is 0 Å². The van der Waals surface area contributed by atoms with Gasteiger partial charge in [-0.2, -0.15) is 0 Å². The van der Waals surface area contributed by atoms with Gasteiger partial charge in [0.1, 0.15) is 0 Å². The lowest BCUT2D eigenvalue weighted by molar-refractivity contribution is -0.167. The van der Waals surface area contributed by atoms with Gasteiger partial charge in [0.05, 0.1) is 17.6 Å². The summed E-state index contributed by atoms with van der Waals surface area (Å²) in [5, 5.41) is 9.38. The molecule has 3 rings (SSSR count). The van der Waals surface area contributed by atoms with Crippen LogP contribution in [0.25, 0.3) is 0 Å². The molecule has 21 heavy (non-hydrogen) atoms. The Labute approximate surface area is 125 Å². The maximum absolute atomic E-state index is 12.5. The Hall–Kier alpha value is -1.10. The van der Waals surface area contributed by atoms with Crippen LogP contribution in [0.4, 0.5) is 0 Å². The van der Waals surface area contributed by atoms with E-state index in [0.717, 1.165) is 19.3 Å². The van der Waals surface area contributed by atoms with Crippen LogP contribution in [-0.2, 0) is 14.3 Å². The fraction of sp³-hybridized carbons (Fsp3) is 0.875. The number of amides is 1. The average Bonchev–Trinajstić information content (AvgIpc) is 2.43. The first kappa shape index (κ1) is 14.8. The Morgan fingerprint density at radius 1 is 1.05 bits per heavy atom. The molecule has 5 heteroatoms. The van der Waals surface area contributed by atoms with Crippen molar-refractivity contribution in [1.29, 1.82) is 0 Å². The van der Waals surface area contributed by atoms with Crippen LogP contribution in [-0.4, -0.2) is 47.2 Å². The summed E-state index contributed by atoms with van der Waals surface area (Å²) in [7, 11) is 0. The highest BCUT2D eigenvalue weighted by molar-refractivity contribution is 5.85. The molecule has 3 aliphatic rings. The molecule has 0 atom stereocenters. The lowest BCUT2D eigenvalue weighted by Gasteiger charge is -2.46. The van der Waals surface area contributed by atoms with Crippen molar-refractivity contribution in [1.82, 2.24) is 4.90 Å². The summed E-state index contributed by atoms with van der Waals surface area (Å²) in [6.07, 6.45) is 8.02. The molecule has 0 aromatic heterocycles. The van der Waals surface area contributed by atoms with Crippen LogP contribution in [0.15, 0.2) is 0 Å². The molecule has 0 radical (unpaired) electrons. The number of rotatable bonds is 3. The Kier molecular flexibility index (Phi) is 3.95. The average molecular weight is 295 g/mol. The third-order valence-corrected chi connectivity index (χ3v) is 5.62. The van der Waals surface area contributed by atoms with Crippen molar-refractivity contribution in [3.63, 3.8) is 0 Å². The van der Waals surface area contributed by atoms with Crippen LogP contribution in [0.5, 0.6) is 0 Å². The molecule has 1 saturated heterocycles. The molecule has 118 valence electrons. The molecule has 0 bridgehead atoms. The van der Waals surface area contributed by atoms with Crippen molar-refractivity contribution in [3.05, 3.63) is 0 Å². The van der Waals surface area contributed by atoms with Gasteiger partial charge in [-0.25, -0.2) is 0 Å². The molecule has 0 aromatic rings. The van der Waals surface area contributed by atoms with Gasteiger partial charge in [-0.3, -0.25) is 9.59 Å². The Bertz CT molecular complexity index is 418. The first-order chi connectivity index (χ1) is 10.1. The van der Waals surface area contributed by atoms with E-state index in [1.807, 2.05) is 4.90 Å². The standard InChI is InChI=1S/C16H25NO4/c18-13(11-15(14(19)20)5-4-6-15)17-9-10-21-16(12-17)7-2-1-3-8-16/h1-12H2,(H,19,20). The Morgan fingerprint density at radius 3 is 2.33 bits per heavy atom. The Balaban J connectivity index is 1.63. The minimum atomic E-state index is -0.803. The van der Waals surface area contributed by atoms with Crippen molar-refractivity contribution < 1.29 is 19.4 Å². The number of nitrogens with zero attached hydrogens (tertiary/aromatic N) is 1. The molecule has 1 heterocycles. The van der Waals surface area contributed by atoms with Crippen molar-refractivity contribution >= 4 is 11.9 Å². The number of hydrogen-bond acceptors (Lipinski definition) is 3. The molecular formula is C16H25NO4. The van der Waals surface area contributed by atoms with Crippen LogP contribution >= 0.6 is 0 Å². The first-order valence-corrected chi connectivity index (χ1v) is 8.21. The van der Waals surface area contributed by atoms with Crippen molar-refractivity contribution in [2.24, 2.45) is 5.41 Å². The summed E-state index contributed by atoms with van der Waals surface area (Å²) in [5.41, 5.74) is -0.933. The van der Waals surface area contributed by atoms with E-state index in [-0.39, 0.29) is 17.9 Å². The molecule has 5 nitrogen and oxygen atoms in total. The SMILES string of the molecule is O=C(CC1(C(=O)O)CCC1)N1CCOC2(CCCCC2)C1. The van der Waals surface area contributed by atoms with Gasteiger partial charge < -0.3 is 14.7 Å². The quantitative estimate of drug-likeness (QED) is 0.866. The third-order valence-electron chi connectivity index (χ3n) is 5.62. The number of morpholine rings is 1. The fourth-order valence-corrected chi connectivity index (χ4v) is 4.03. The summed E-state index contributed by atoms with van der Waals surface area (Å²) in [6.45, 7) is 1.85. The molecule has 1 amide bonds. The van der Waals surface area contributed by atoms with E-state index in [1.165, 1.54) is 19.3 Å². The number of carboxylic acid groups (broad SMARTS) is 1. The van der Waals surface area contributed by atoms with Crippen LogP contribution in [0.3, 0.4) is 0 Å². The summed E-state index contributed by atoms with van der Waals surface area (Å²) in [6, 6.07) is 0. The third kappa shape index (κ3) is 2.80. The van der Waals surface area contributed by atoms with Gasteiger partial charge in [-0.05, 0) is 25.7 Å². The molecule has 1 spiro atoms. The fourth-order valence-electron chi connectivity index (χ4n) is 4.03. The summed E-state index contributed by atoms with van der Waals surface area (Å²) in [4.78, 5) is 25.8. The van der Waals surface area contributed by atoms with Gasteiger partial charge in [0.2, 0.25) is 5.91 Å². The van der Waals surface area contributed by atoms with Gasteiger partial charge >= 0.3 is 5.97 Å². The monoisotopic (exact) mass is 295 g/mol. The topological polar surface area (TPSA) is 66.8 Å². The highest BCUT2D eigenvalue weighted by Gasteiger charge is 2.48. The highest BCUT2D eigenvalue weighted by Crippen LogP contribution is 2.45. The molecule has 3 fully saturated rings. The van der Waals surface area contributed by atoms with Crippen molar-refractivity contribution in [2.75, 3.05) is 19.7 Å². The van der Waals surface area contributed by atoms with Gasteiger partial charge in [0, 0.05) is 19.5 Å². The molecule has 1 aliphatic heterocycles. The van der Waals surface area contributed by atoms with Gasteiger partial charge in [0.15, 0.2) is 0 Å². The lowest BCUT2D eigenvalue weighted by Crippen LogP contribution is -2.55. The number of carbonyl (C=O) groups excluding carboxylic acids is 1. The zero-order valence-corrected chi connectivity index (χ0v) is 12.6. The van der Waals surface area contributed by atoms with Crippen LogP contribution in [0, 0.1) is 5.41 Å². The zero-order chi connectivity index (χ0) is 14.9. The smallest absolute Gasteiger partial charge is 0.310 e. The van der Waals surface area contributed by atoms with E-state index in [9.17, 15) is 14.7 Å². The van der Waals surface area contributed by atoms with Crippen molar-refractivity contribution in [2.45, 2.75) is 63.4 Å². The molecular weight excluding hydrogens is 270 g/mol. The minimum absolute atomic E-state index is 0.00495. The number of hydrogen-bond donors (Lipinski definition) is 1. The lowest BCUT2D eigenvalue weighted by atomic mass is 9.66. The van der Waals surface area contributed by atoms with Crippen LogP contribution in [0.1, 0.15) is 57.8 Å². The molecule has 1 N–H and O–H groups in total. The predicted octanol–water partition coefficient (Wildman–Crippen LogP) is 2.19. The summed E-state index contributed by atoms with van der Waals surface area (Å²) < 4.78 is 5.99. The van der Waals surface area contributed by atoms with E-state index in [0.29, 0.717) is 32.5 Å². The summed E-state index contributed by atoms with van der Waals surface area (Å²) in [5.74, 6) is -0.798. The maximum atomic E-state index is 12.5. The first-order valence-electron chi connectivity index (χ1n) is 8.21. The van der Waals surface area contributed by atoms with E-state index >= 15 is 0 Å². The molecule has 0 aromatic carbocycles. The number of aliphatic carboxylic acids is 1. The molecule has 0 unspecified atom stereocenters. The second kappa shape index (κ2) is 5.59. The second-order valence-electron chi connectivity index (χ2n) is 7.02. The van der Waals surface area contributed by atoms with Gasteiger partial charge in [0.25, 0.3) is 0 Å². The highest BCUT2D eigenvalue weighted by atomic mass is 16.5. The molecule has 2 saturated carbocycles. The zero-order valence-electron chi connectivity index (χ0n) is 12.6. The van der Waals surface area contributed by atoms with E-state index < -0.39 is 11.4 Å². The summed E-state index contributed by atoms with van der Waals surface area (Å²) >= 11 is 0. The van der Waals surface area contributed by atoms with Crippen molar-refractivity contribution in [3.8, 4) is 0 Å². The van der Waals surface area contributed by atoms with Gasteiger partial charge in [-0.1, -0.05) is 25.7 Å². The normalized spacial score (nSPS) is 27.1. The van der Waals surface area contributed by atoms with E-state index in [4.69, 9.17) is 4.74 Å². The number of ether oxygens (including phenoxy) is 1. The Morgan fingerprint density at radius 2 is 1.76 bits per heavy atom. The minimum Gasteiger partial charge on any atom is -0.481 e. The maximum Gasteiger partial charge on any atom is 0.310 e. The molecule has 2 aliphatic carbocycles. The number of carbonyl (C=O) groups is 2. The van der Waals surface area contributed by atoms with E-state index in [2.05, 4.69) is 0 Å². The predicted molar refractivity (Wildman–Crippen MR) is 76.9 cm³/mol. The second-order valence-corrected chi connectivity index (χ2v) is 7.02. The largest absolute Gasteiger partial charge is 0.481 e. The number of carboxylic acids is 1. The van der Waals surface area contributed by atoms with E-state index in [1.54, 1.807) is 0 Å². The van der Waals surface area contributed by atoms with Crippen LogP contribution in [0.2, 0.25) is 0 Å². The van der Waals surface area contributed by atoms with Crippen LogP contribution < -0.4 is 0 Å².